The maximum Gasteiger partial charge on any atom is 0.209 e. The molecule has 0 unspecified atom stereocenters. The van der Waals surface area contributed by atoms with Crippen LogP contribution < -0.4 is 4.74 Å². The molecule has 0 atom stereocenters. The number of oxazole rings is 1. The van der Waals surface area contributed by atoms with E-state index in [4.69, 9.17) is 20.8 Å². The van der Waals surface area contributed by atoms with Gasteiger partial charge in [0.05, 0.1) is 19.9 Å². The second-order valence-corrected chi connectivity index (χ2v) is 7.57. The molecule has 3 aromatic rings. The van der Waals surface area contributed by atoms with E-state index in [2.05, 4.69) is 14.8 Å². The molecule has 0 amide bonds. The fourth-order valence-electron chi connectivity index (χ4n) is 3.54. The van der Waals surface area contributed by atoms with E-state index in [1.807, 2.05) is 24.3 Å². The van der Waals surface area contributed by atoms with Gasteiger partial charge in [-0.3, -0.25) is 9.80 Å². The number of ether oxygens (including phenoxy) is 1. The minimum absolute atomic E-state index is 0.236. The molecule has 1 aliphatic rings. The largest absolute Gasteiger partial charge is 0.496 e. The van der Waals surface area contributed by atoms with E-state index < -0.39 is 0 Å². The minimum atomic E-state index is -0.236. The van der Waals surface area contributed by atoms with Gasteiger partial charge in [0.25, 0.3) is 0 Å². The molecule has 152 valence electrons. The van der Waals surface area contributed by atoms with Crippen LogP contribution in [-0.4, -0.2) is 48.1 Å². The summed E-state index contributed by atoms with van der Waals surface area (Å²) >= 11 is 5.94. The first kappa shape index (κ1) is 19.9. The highest BCUT2D eigenvalue weighted by atomic mass is 35.5. The van der Waals surface area contributed by atoms with Gasteiger partial charge < -0.3 is 9.15 Å². The van der Waals surface area contributed by atoms with E-state index in [1.54, 1.807) is 25.4 Å². The Balaban J connectivity index is 1.31. The van der Waals surface area contributed by atoms with Crippen LogP contribution in [0.15, 0.2) is 53.1 Å². The molecular formula is C22H23ClFN3O2. The maximum atomic E-state index is 13.6. The highest BCUT2D eigenvalue weighted by molar-refractivity contribution is 6.30. The number of nitrogens with zero attached hydrogens (tertiary/aromatic N) is 3. The number of methoxy groups -OCH3 is 1. The van der Waals surface area contributed by atoms with Crippen LogP contribution in [-0.2, 0) is 13.1 Å². The smallest absolute Gasteiger partial charge is 0.209 e. The number of piperazine rings is 1. The van der Waals surface area contributed by atoms with Crippen molar-refractivity contribution >= 4 is 11.6 Å². The zero-order valence-corrected chi connectivity index (χ0v) is 17.0. The summed E-state index contributed by atoms with van der Waals surface area (Å²) in [7, 11) is 1.61. The Kier molecular flexibility index (Phi) is 6.13. The summed E-state index contributed by atoms with van der Waals surface area (Å²) < 4.78 is 24.8. The third-order valence-electron chi connectivity index (χ3n) is 5.14. The molecule has 4 rings (SSSR count). The second-order valence-electron chi connectivity index (χ2n) is 7.13. The lowest BCUT2D eigenvalue weighted by molar-refractivity contribution is 0.114. The van der Waals surface area contributed by atoms with Crippen molar-refractivity contribution in [1.29, 1.82) is 0 Å². The van der Waals surface area contributed by atoms with E-state index in [1.165, 1.54) is 6.07 Å². The first-order chi connectivity index (χ1) is 14.1. The Hall–Kier alpha value is -2.41. The van der Waals surface area contributed by atoms with Gasteiger partial charge in [0.15, 0.2) is 5.76 Å². The molecule has 2 heterocycles. The Labute approximate surface area is 174 Å². The van der Waals surface area contributed by atoms with Crippen LogP contribution in [0.4, 0.5) is 4.39 Å². The molecule has 29 heavy (non-hydrogen) atoms. The summed E-state index contributed by atoms with van der Waals surface area (Å²) in [6.07, 6.45) is 1.76. The lowest BCUT2D eigenvalue weighted by atomic mass is 10.1. The lowest BCUT2D eigenvalue weighted by Gasteiger charge is -2.34. The van der Waals surface area contributed by atoms with E-state index in [9.17, 15) is 4.39 Å². The number of hydrogen-bond donors (Lipinski definition) is 0. The Bertz CT molecular complexity index is 953. The van der Waals surface area contributed by atoms with Crippen LogP contribution in [0, 0.1) is 5.82 Å². The van der Waals surface area contributed by atoms with Crippen LogP contribution in [0.2, 0.25) is 5.02 Å². The molecule has 1 aromatic heterocycles. The first-order valence-electron chi connectivity index (χ1n) is 9.58. The van der Waals surface area contributed by atoms with Gasteiger partial charge in [-0.2, -0.15) is 0 Å². The van der Waals surface area contributed by atoms with Crippen LogP contribution in [0.25, 0.3) is 11.3 Å². The number of aromatic nitrogens is 1. The summed E-state index contributed by atoms with van der Waals surface area (Å²) in [4.78, 5) is 9.04. The summed E-state index contributed by atoms with van der Waals surface area (Å²) in [5.41, 5.74) is 1.84. The molecule has 7 heteroatoms. The molecule has 0 saturated carbocycles. The SMILES string of the molecule is COc1ccc(F)cc1CN1CCN(Cc2ncc(-c3ccc(Cl)cc3)o2)CC1. The average Bonchev–Trinajstić information content (AvgIpc) is 3.19. The molecule has 1 saturated heterocycles. The van der Waals surface area contributed by atoms with Crippen LogP contribution in [0.5, 0.6) is 5.75 Å². The summed E-state index contributed by atoms with van der Waals surface area (Å²) in [5.74, 6) is 1.94. The van der Waals surface area contributed by atoms with E-state index in [0.29, 0.717) is 24.0 Å². The third kappa shape index (κ3) is 4.96. The van der Waals surface area contributed by atoms with Gasteiger partial charge in [-0.1, -0.05) is 11.6 Å². The van der Waals surface area contributed by atoms with Crippen molar-refractivity contribution in [3.05, 3.63) is 71.0 Å². The fourth-order valence-corrected chi connectivity index (χ4v) is 3.67. The molecule has 0 radical (unpaired) electrons. The monoisotopic (exact) mass is 415 g/mol. The van der Waals surface area contributed by atoms with Crippen molar-refractivity contribution in [1.82, 2.24) is 14.8 Å². The van der Waals surface area contributed by atoms with E-state index in [0.717, 1.165) is 48.8 Å². The Morgan fingerprint density at radius 1 is 1.03 bits per heavy atom. The van der Waals surface area contributed by atoms with Gasteiger partial charge in [-0.05, 0) is 42.5 Å². The van der Waals surface area contributed by atoms with Crippen molar-refractivity contribution in [2.75, 3.05) is 33.3 Å². The van der Waals surface area contributed by atoms with Gasteiger partial charge in [0.2, 0.25) is 5.89 Å². The van der Waals surface area contributed by atoms with Crippen LogP contribution in [0.3, 0.4) is 0 Å². The number of rotatable bonds is 6. The van der Waals surface area contributed by atoms with Gasteiger partial charge >= 0.3 is 0 Å². The number of benzene rings is 2. The van der Waals surface area contributed by atoms with Crippen molar-refractivity contribution < 1.29 is 13.5 Å². The quantitative estimate of drug-likeness (QED) is 0.594. The van der Waals surface area contributed by atoms with Gasteiger partial charge in [0.1, 0.15) is 11.6 Å². The van der Waals surface area contributed by atoms with E-state index >= 15 is 0 Å². The molecule has 0 N–H and O–H groups in total. The lowest BCUT2D eigenvalue weighted by Crippen LogP contribution is -2.45. The second kappa shape index (κ2) is 8.95. The fraction of sp³-hybridized carbons (Fsp3) is 0.318. The number of hydrogen-bond acceptors (Lipinski definition) is 5. The topological polar surface area (TPSA) is 41.7 Å². The average molecular weight is 416 g/mol. The molecule has 1 aliphatic heterocycles. The predicted molar refractivity (Wildman–Crippen MR) is 110 cm³/mol. The van der Waals surface area contributed by atoms with Crippen molar-refractivity contribution in [2.45, 2.75) is 13.1 Å². The number of halogens is 2. The molecular weight excluding hydrogens is 393 g/mol. The summed E-state index contributed by atoms with van der Waals surface area (Å²) in [5, 5.41) is 0.697. The van der Waals surface area contributed by atoms with Crippen molar-refractivity contribution in [3.8, 4) is 17.1 Å². The highest BCUT2D eigenvalue weighted by Gasteiger charge is 2.20. The van der Waals surface area contributed by atoms with Crippen molar-refractivity contribution in [2.24, 2.45) is 0 Å². The summed E-state index contributed by atoms with van der Waals surface area (Å²) in [6, 6.07) is 12.2. The molecule has 0 bridgehead atoms. The first-order valence-corrected chi connectivity index (χ1v) is 9.96. The molecule has 5 nitrogen and oxygen atoms in total. The zero-order valence-electron chi connectivity index (χ0n) is 16.3. The van der Waals surface area contributed by atoms with Gasteiger partial charge in [0, 0.05) is 48.9 Å². The third-order valence-corrected chi connectivity index (χ3v) is 5.39. The Morgan fingerprint density at radius 3 is 2.41 bits per heavy atom. The molecule has 2 aromatic carbocycles. The predicted octanol–water partition coefficient (Wildman–Crippen LogP) is 4.46. The molecule has 0 aliphatic carbocycles. The highest BCUT2D eigenvalue weighted by Crippen LogP contribution is 2.24. The zero-order chi connectivity index (χ0) is 20.2. The summed E-state index contributed by atoms with van der Waals surface area (Å²) in [6.45, 7) is 4.93. The van der Waals surface area contributed by atoms with Crippen molar-refractivity contribution in [3.63, 3.8) is 0 Å². The van der Waals surface area contributed by atoms with E-state index in [-0.39, 0.29) is 5.82 Å². The Morgan fingerprint density at radius 2 is 1.72 bits per heavy atom. The maximum absolute atomic E-state index is 13.6. The standard InChI is InChI=1S/C22H23ClFN3O2/c1-28-20-7-6-19(24)12-17(20)14-26-8-10-27(11-9-26)15-22-25-13-21(29-22)16-2-4-18(23)5-3-16/h2-7,12-13H,8-11,14-15H2,1H3. The normalized spacial score (nSPS) is 15.6. The van der Waals surface area contributed by atoms with Gasteiger partial charge in [-0.15, -0.1) is 0 Å². The van der Waals surface area contributed by atoms with Crippen LogP contribution >= 0.6 is 11.6 Å². The molecule has 0 spiro atoms. The van der Waals surface area contributed by atoms with Gasteiger partial charge in [-0.25, -0.2) is 9.37 Å². The van der Waals surface area contributed by atoms with Crippen LogP contribution in [0.1, 0.15) is 11.5 Å². The molecule has 1 fully saturated rings. The minimum Gasteiger partial charge on any atom is -0.496 e.